The fourth-order valence-corrected chi connectivity index (χ4v) is 3.00. The van der Waals surface area contributed by atoms with Crippen molar-refractivity contribution < 1.29 is 18.7 Å². The van der Waals surface area contributed by atoms with Gasteiger partial charge in [0, 0.05) is 11.3 Å². The Labute approximate surface area is 168 Å². The average Bonchev–Trinajstić information content (AvgIpc) is 2.97. The lowest BCUT2D eigenvalue weighted by molar-refractivity contribution is -0.146. The Bertz CT molecular complexity index is 1040. The predicted octanol–water partition coefficient (Wildman–Crippen LogP) is 3.66. The predicted molar refractivity (Wildman–Crippen MR) is 107 cm³/mol. The summed E-state index contributed by atoms with van der Waals surface area (Å²) >= 11 is 0. The SMILES string of the molecule is Cc1ccc(NC(=O)COC(=O)Cc2c(C)nn(-c3ccccc3)c2C)c(F)c1. The van der Waals surface area contributed by atoms with Gasteiger partial charge in [0.2, 0.25) is 0 Å². The van der Waals surface area contributed by atoms with E-state index in [-0.39, 0.29) is 12.1 Å². The van der Waals surface area contributed by atoms with Crippen molar-refractivity contribution in [2.45, 2.75) is 27.2 Å². The van der Waals surface area contributed by atoms with Gasteiger partial charge in [-0.2, -0.15) is 5.10 Å². The van der Waals surface area contributed by atoms with Gasteiger partial charge in [0.25, 0.3) is 5.91 Å². The van der Waals surface area contributed by atoms with Crippen molar-refractivity contribution in [3.63, 3.8) is 0 Å². The lowest BCUT2D eigenvalue weighted by atomic mass is 10.1. The van der Waals surface area contributed by atoms with Crippen LogP contribution in [0.1, 0.15) is 22.5 Å². The van der Waals surface area contributed by atoms with Crippen molar-refractivity contribution >= 4 is 17.6 Å². The summed E-state index contributed by atoms with van der Waals surface area (Å²) in [6.07, 6.45) is -0.00330. The molecule has 0 spiro atoms. The number of ether oxygens (including phenoxy) is 1. The number of rotatable bonds is 6. The van der Waals surface area contributed by atoms with Crippen molar-refractivity contribution in [3.8, 4) is 5.69 Å². The highest BCUT2D eigenvalue weighted by molar-refractivity contribution is 5.93. The summed E-state index contributed by atoms with van der Waals surface area (Å²) in [5.41, 5.74) is 3.99. The van der Waals surface area contributed by atoms with E-state index in [1.807, 2.05) is 44.2 Å². The number of amides is 1. The lowest BCUT2D eigenvalue weighted by Gasteiger charge is -2.08. The topological polar surface area (TPSA) is 73.2 Å². The molecule has 0 saturated carbocycles. The number of carbonyl (C=O) groups excluding carboxylic acids is 2. The molecule has 1 heterocycles. The molecular weight excluding hydrogens is 373 g/mol. The first kappa shape index (κ1) is 20.3. The van der Waals surface area contributed by atoms with Gasteiger partial charge in [-0.1, -0.05) is 24.3 Å². The zero-order valence-electron chi connectivity index (χ0n) is 16.5. The highest BCUT2D eigenvalue weighted by Gasteiger charge is 2.18. The third kappa shape index (κ3) is 4.87. The van der Waals surface area contributed by atoms with Gasteiger partial charge in [-0.3, -0.25) is 9.59 Å². The van der Waals surface area contributed by atoms with Gasteiger partial charge in [0.15, 0.2) is 6.61 Å². The van der Waals surface area contributed by atoms with Crippen molar-refractivity contribution in [3.05, 3.63) is 76.9 Å². The van der Waals surface area contributed by atoms with E-state index in [1.165, 1.54) is 12.1 Å². The van der Waals surface area contributed by atoms with E-state index in [4.69, 9.17) is 4.74 Å². The average molecular weight is 395 g/mol. The number of nitrogens with one attached hydrogen (secondary N) is 1. The summed E-state index contributed by atoms with van der Waals surface area (Å²) in [7, 11) is 0. The van der Waals surface area contributed by atoms with Crippen molar-refractivity contribution in [1.82, 2.24) is 9.78 Å². The Hall–Kier alpha value is -3.48. The normalized spacial score (nSPS) is 10.6. The molecule has 0 atom stereocenters. The molecule has 0 bridgehead atoms. The number of esters is 1. The van der Waals surface area contributed by atoms with Crippen LogP contribution in [0.3, 0.4) is 0 Å². The van der Waals surface area contributed by atoms with Crippen molar-refractivity contribution in [2.24, 2.45) is 0 Å². The summed E-state index contributed by atoms with van der Waals surface area (Å²) in [6, 6.07) is 14.1. The first-order chi connectivity index (χ1) is 13.8. The number of carbonyl (C=O) groups is 2. The number of benzene rings is 2. The molecule has 0 fully saturated rings. The number of aryl methyl sites for hydroxylation is 2. The second-order valence-electron chi connectivity index (χ2n) is 6.77. The van der Waals surface area contributed by atoms with Crippen LogP contribution in [-0.2, 0) is 20.7 Å². The van der Waals surface area contributed by atoms with E-state index in [9.17, 15) is 14.0 Å². The van der Waals surface area contributed by atoms with E-state index in [2.05, 4.69) is 10.4 Å². The van der Waals surface area contributed by atoms with Crippen LogP contribution in [0.5, 0.6) is 0 Å². The van der Waals surface area contributed by atoms with Crippen LogP contribution in [-0.4, -0.2) is 28.3 Å². The zero-order valence-corrected chi connectivity index (χ0v) is 16.5. The Morgan fingerprint density at radius 1 is 1.10 bits per heavy atom. The fraction of sp³-hybridized carbons (Fsp3) is 0.227. The molecule has 0 aliphatic heterocycles. The molecule has 1 N–H and O–H groups in total. The zero-order chi connectivity index (χ0) is 21.0. The highest BCUT2D eigenvalue weighted by atomic mass is 19.1. The Morgan fingerprint density at radius 2 is 1.83 bits per heavy atom. The first-order valence-corrected chi connectivity index (χ1v) is 9.17. The molecule has 150 valence electrons. The molecule has 29 heavy (non-hydrogen) atoms. The minimum Gasteiger partial charge on any atom is -0.455 e. The van der Waals surface area contributed by atoms with Crippen LogP contribution in [0, 0.1) is 26.6 Å². The standard InChI is InChI=1S/C22H22FN3O3/c1-14-9-10-20(19(23)11-14)24-21(27)13-29-22(28)12-18-15(2)25-26(16(18)3)17-7-5-4-6-8-17/h4-11H,12-13H2,1-3H3,(H,24,27). The van der Waals surface area contributed by atoms with E-state index < -0.39 is 24.3 Å². The molecule has 0 unspecified atom stereocenters. The van der Waals surface area contributed by atoms with E-state index in [1.54, 1.807) is 17.7 Å². The molecule has 3 aromatic rings. The summed E-state index contributed by atoms with van der Waals surface area (Å²) in [4.78, 5) is 24.2. The minimum absolute atomic E-state index is 0.00330. The first-order valence-electron chi connectivity index (χ1n) is 9.17. The monoisotopic (exact) mass is 395 g/mol. The third-order valence-electron chi connectivity index (χ3n) is 4.53. The van der Waals surface area contributed by atoms with Crippen molar-refractivity contribution in [2.75, 3.05) is 11.9 Å². The van der Waals surface area contributed by atoms with Crippen LogP contribution in [0.2, 0.25) is 0 Å². The lowest BCUT2D eigenvalue weighted by Crippen LogP contribution is -2.22. The molecule has 0 saturated heterocycles. The fourth-order valence-electron chi connectivity index (χ4n) is 3.00. The second kappa shape index (κ2) is 8.68. The second-order valence-corrected chi connectivity index (χ2v) is 6.77. The van der Waals surface area contributed by atoms with Gasteiger partial charge < -0.3 is 10.1 Å². The Morgan fingerprint density at radius 3 is 2.52 bits per heavy atom. The van der Waals surface area contributed by atoms with Gasteiger partial charge in [0.05, 0.1) is 23.5 Å². The van der Waals surface area contributed by atoms with Crippen molar-refractivity contribution in [1.29, 1.82) is 0 Å². The number of para-hydroxylation sites is 1. The molecule has 0 radical (unpaired) electrons. The van der Waals surface area contributed by atoms with Gasteiger partial charge in [-0.05, 0) is 50.6 Å². The number of hydrogen-bond donors (Lipinski definition) is 1. The molecule has 0 aliphatic rings. The molecule has 1 amide bonds. The molecule has 1 aromatic heterocycles. The van der Waals surface area contributed by atoms with Crippen LogP contribution in [0.25, 0.3) is 5.69 Å². The maximum absolute atomic E-state index is 13.8. The van der Waals surface area contributed by atoms with Gasteiger partial charge >= 0.3 is 5.97 Å². The number of nitrogens with zero attached hydrogens (tertiary/aromatic N) is 2. The quantitative estimate of drug-likeness (QED) is 0.647. The van der Waals surface area contributed by atoms with Crippen LogP contribution in [0.4, 0.5) is 10.1 Å². The number of hydrogen-bond acceptors (Lipinski definition) is 4. The smallest absolute Gasteiger partial charge is 0.310 e. The van der Waals surface area contributed by atoms with Crippen LogP contribution >= 0.6 is 0 Å². The van der Waals surface area contributed by atoms with E-state index >= 15 is 0 Å². The molecule has 3 rings (SSSR count). The summed E-state index contributed by atoms with van der Waals surface area (Å²) < 4.78 is 20.6. The highest BCUT2D eigenvalue weighted by Crippen LogP contribution is 2.19. The summed E-state index contributed by atoms with van der Waals surface area (Å²) in [5.74, 6) is -1.69. The molecule has 2 aromatic carbocycles. The summed E-state index contributed by atoms with van der Waals surface area (Å²) in [5, 5.41) is 6.89. The van der Waals surface area contributed by atoms with Gasteiger partial charge in [0.1, 0.15) is 5.82 Å². The molecule has 0 aliphatic carbocycles. The summed E-state index contributed by atoms with van der Waals surface area (Å²) in [6.45, 7) is 4.96. The molecule has 7 heteroatoms. The number of aromatic nitrogens is 2. The number of halogens is 1. The Kier molecular flexibility index (Phi) is 6.07. The van der Waals surface area contributed by atoms with Gasteiger partial charge in [-0.15, -0.1) is 0 Å². The molecular formula is C22H22FN3O3. The van der Waals surface area contributed by atoms with E-state index in [0.29, 0.717) is 0 Å². The maximum atomic E-state index is 13.8. The van der Waals surface area contributed by atoms with E-state index in [0.717, 1.165) is 28.2 Å². The third-order valence-corrected chi connectivity index (χ3v) is 4.53. The largest absolute Gasteiger partial charge is 0.455 e. The molecule has 6 nitrogen and oxygen atoms in total. The number of anilines is 1. The Balaban J connectivity index is 1.60. The van der Waals surface area contributed by atoms with Crippen LogP contribution in [0.15, 0.2) is 48.5 Å². The van der Waals surface area contributed by atoms with Crippen LogP contribution < -0.4 is 5.32 Å². The maximum Gasteiger partial charge on any atom is 0.310 e. The minimum atomic E-state index is -0.602. The van der Waals surface area contributed by atoms with Gasteiger partial charge in [-0.25, -0.2) is 9.07 Å².